The van der Waals surface area contributed by atoms with Crippen molar-refractivity contribution in [1.29, 1.82) is 0 Å². The number of nitrogens with zero attached hydrogens (tertiary/aromatic N) is 3. The minimum atomic E-state index is -3.41. The third kappa shape index (κ3) is 4.45. The third-order valence-electron chi connectivity index (χ3n) is 6.70. The first-order valence-electron chi connectivity index (χ1n) is 11.6. The Morgan fingerprint density at radius 2 is 1.80 bits per heavy atom. The van der Waals surface area contributed by atoms with E-state index in [1.54, 1.807) is 30.5 Å². The zero-order valence-corrected chi connectivity index (χ0v) is 20.7. The lowest BCUT2D eigenvalue weighted by molar-refractivity contribution is -0.0221. The van der Waals surface area contributed by atoms with Crippen molar-refractivity contribution in [3.8, 4) is 0 Å². The highest BCUT2D eigenvalue weighted by molar-refractivity contribution is 7.90. The van der Waals surface area contributed by atoms with Crippen molar-refractivity contribution in [2.45, 2.75) is 43.5 Å². The number of anilines is 2. The lowest BCUT2D eigenvalue weighted by atomic mass is 9.97. The Labute approximate surface area is 203 Å². The maximum atomic E-state index is 13.8. The highest BCUT2D eigenvalue weighted by Crippen LogP contribution is 2.37. The fraction of sp³-hybridized carbons (Fsp3) is 0.346. The van der Waals surface area contributed by atoms with Crippen LogP contribution >= 0.6 is 0 Å². The molecule has 5 rings (SSSR count). The minimum Gasteiger partial charge on any atom is -0.377 e. The molecule has 35 heavy (non-hydrogen) atoms. The van der Waals surface area contributed by atoms with Gasteiger partial charge in [0.2, 0.25) is 0 Å². The summed E-state index contributed by atoms with van der Waals surface area (Å²) < 4.78 is 54.3. The molecule has 1 fully saturated rings. The van der Waals surface area contributed by atoms with Crippen molar-refractivity contribution in [2.75, 3.05) is 29.6 Å². The summed E-state index contributed by atoms with van der Waals surface area (Å²) in [7, 11) is -3.41. The topological polar surface area (TPSA) is 66.7 Å². The monoisotopic (exact) mass is 498 g/mol. The van der Waals surface area contributed by atoms with Crippen LogP contribution < -0.4 is 10.2 Å². The molecule has 1 aliphatic rings. The summed E-state index contributed by atoms with van der Waals surface area (Å²) in [5, 5.41) is 5.30. The number of benzene rings is 2. The van der Waals surface area contributed by atoms with Crippen LogP contribution in [0.5, 0.6) is 0 Å². The molecule has 0 saturated carbocycles. The van der Waals surface area contributed by atoms with Gasteiger partial charge in [0.15, 0.2) is 9.84 Å². The molecule has 0 amide bonds. The first-order valence-corrected chi connectivity index (χ1v) is 13.5. The van der Waals surface area contributed by atoms with Crippen LogP contribution in [0, 0.1) is 6.92 Å². The number of hydrogen-bond acceptors (Lipinski definition) is 5. The number of halogens is 2. The van der Waals surface area contributed by atoms with Crippen LogP contribution in [0.2, 0.25) is 0 Å². The number of fused-ring (bicyclic) bond motifs is 3. The van der Waals surface area contributed by atoms with E-state index in [0.29, 0.717) is 5.69 Å². The van der Waals surface area contributed by atoms with E-state index < -0.39 is 15.8 Å². The van der Waals surface area contributed by atoms with E-state index in [1.165, 1.54) is 6.26 Å². The third-order valence-corrected chi connectivity index (χ3v) is 7.86. The number of para-hydroxylation sites is 1. The molecule has 2 aromatic carbocycles. The van der Waals surface area contributed by atoms with E-state index in [0.717, 1.165) is 33.4 Å². The smallest absolute Gasteiger partial charge is 0.251 e. The fourth-order valence-electron chi connectivity index (χ4n) is 4.94. The summed E-state index contributed by atoms with van der Waals surface area (Å²) in [6, 6.07) is 12.8. The van der Waals surface area contributed by atoms with Crippen molar-refractivity contribution in [3.05, 3.63) is 66.0 Å². The van der Waals surface area contributed by atoms with Crippen LogP contribution in [0.3, 0.4) is 0 Å². The molecule has 184 valence electrons. The molecule has 0 unspecified atom stereocenters. The molecule has 0 spiro atoms. The number of alkyl halides is 2. The Morgan fingerprint density at radius 1 is 1.09 bits per heavy atom. The maximum absolute atomic E-state index is 13.8. The molecule has 1 aliphatic heterocycles. The van der Waals surface area contributed by atoms with Gasteiger partial charge >= 0.3 is 0 Å². The number of piperidine rings is 1. The van der Waals surface area contributed by atoms with Gasteiger partial charge in [-0.05, 0) is 49.1 Å². The predicted octanol–water partition coefficient (Wildman–Crippen LogP) is 5.61. The van der Waals surface area contributed by atoms with Gasteiger partial charge in [-0.3, -0.25) is 4.40 Å². The second kappa shape index (κ2) is 8.48. The number of aryl methyl sites for hydroxylation is 1. The molecule has 2 aromatic heterocycles. The lowest BCUT2D eigenvalue weighted by Gasteiger charge is -2.34. The van der Waals surface area contributed by atoms with Crippen molar-refractivity contribution < 1.29 is 17.2 Å². The highest BCUT2D eigenvalue weighted by Gasteiger charge is 2.35. The molecule has 0 radical (unpaired) electrons. The van der Waals surface area contributed by atoms with E-state index in [-0.39, 0.29) is 36.9 Å². The van der Waals surface area contributed by atoms with E-state index in [4.69, 9.17) is 0 Å². The van der Waals surface area contributed by atoms with Crippen molar-refractivity contribution in [2.24, 2.45) is 0 Å². The van der Waals surface area contributed by atoms with Gasteiger partial charge in [0.1, 0.15) is 11.5 Å². The lowest BCUT2D eigenvalue weighted by Crippen LogP contribution is -2.40. The summed E-state index contributed by atoms with van der Waals surface area (Å²) in [5.74, 6) is -1.80. The molecule has 3 heterocycles. The molecule has 1 atom stereocenters. The van der Waals surface area contributed by atoms with Crippen LogP contribution in [0.25, 0.3) is 16.4 Å². The van der Waals surface area contributed by atoms with Crippen molar-refractivity contribution in [1.82, 2.24) is 9.38 Å². The summed E-state index contributed by atoms with van der Waals surface area (Å²) in [6.45, 7) is 4.54. The fourth-order valence-corrected chi connectivity index (χ4v) is 5.80. The van der Waals surface area contributed by atoms with Gasteiger partial charge in [-0.2, -0.15) is 0 Å². The highest BCUT2D eigenvalue weighted by atomic mass is 32.2. The largest absolute Gasteiger partial charge is 0.377 e. The van der Waals surface area contributed by atoms with Gasteiger partial charge in [0, 0.05) is 56.0 Å². The number of rotatable bonds is 5. The summed E-state index contributed by atoms with van der Waals surface area (Å²) in [5.41, 5.74) is 3.34. The van der Waals surface area contributed by atoms with Gasteiger partial charge in [-0.1, -0.05) is 23.8 Å². The number of sulfone groups is 1. The minimum absolute atomic E-state index is 0.178. The molecule has 6 nitrogen and oxygen atoms in total. The van der Waals surface area contributed by atoms with E-state index in [1.807, 2.05) is 35.4 Å². The van der Waals surface area contributed by atoms with E-state index in [9.17, 15) is 17.2 Å². The Kier molecular flexibility index (Phi) is 5.70. The molecular weight excluding hydrogens is 470 g/mol. The van der Waals surface area contributed by atoms with Crippen LogP contribution in [0.4, 0.5) is 20.3 Å². The first-order chi connectivity index (χ1) is 16.5. The van der Waals surface area contributed by atoms with Gasteiger partial charge < -0.3 is 10.2 Å². The molecular formula is C26H28F2N4O2S. The second-order valence-corrected chi connectivity index (χ2v) is 11.4. The summed E-state index contributed by atoms with van der Waals surface area (Å²) in [6.07, 6.45) is 4.43. The van der Waals surface area contributed by atoms with Gasteiger partial charge in [0.25, 0.3) is 5.92 Å². The molecule has 9 heteroatoms. The quantitative estimate of drug-likeness (QED) is 0.388. The van der Waals surface area contributed by atoms with Gasteiger partial charge in [0.05, 0.1) is 10.6 Å². The number of pyridine rings is 1. The summed E-state index contributed by atoms with van der Waals surface area (Å²) in [4.78, 5) is 6.83. The molecule has 4 aromatic rings. The molecule has 0 aliphatic carbocycles. The average molecular weight is 499 g/mol. The zero-order valence-electron chi connectivity index (χ0n) is 19.9. The van der Waals surface area contributed by atoms with E-state index >= 15 is 0 Å². The Morgan fingerprint density at radius 3 is 2.51 bits per heavy atom. The maximum Gasteiger partial charge on any atom is 0.251 e. The normalized spacial score (nSPS) is 17.1. The predicted molar refractivity (Wildman–Crippen MR) is 135 cm³/mol. The molecule has 1 N–H and O–H groups in total. The van der Waals surface area contributed by atoms with Crippen LogP contribution in [-0.2, 0) is 9.84 Å². The molecule has 0 bridgehead atoms. The standard InChI is InChI=1S/C26H28F2N4O2S/c1-17-14-19(18(2)30-22-6-4-5-7-23(22)35(3,33)34)20-16-24(31-11-8-26(27,28)9-12-31)32-13-10-29-25(32)21(20)15-17/h4-7,10,13-16,18,30H,8-9,11-12H2,1-3H3/t18-/m0/s1. The number of aromatic nitrogens is 2. The van der Waals surface area contributed by atoms with E-state index in [2.05, 4.69) is 22.4 Å². The Bertz CT molecular complexity index is 1520. The molecule has 1 saturated heterocycles. The Hall–Kier alpha value is -3.20. The van der Waals surface area contributed by atoms with Crippen LogP contribution in [-0.4, -0.2) is 43.1 Å². The number of nitrogens with one attached hydrogen (secondary N) is 1. The summed E-state index contributed by atoms with van der Waals surface area (Å²) >= 11 is 0. The van der Waals surface area contributed by atoms with Crippen LogP contribution in [0.1, 0.15) is 36.9 Å². The van der Waals surface area contributed by atoms with Gasteiger partial charge in [-0.25, -0.2) is 22.2 Å². The van der Waals surface area contributed by atoms with Crippen molar-refractivity contribution >= 4 is 37.8 Å². The average Bonchev–Trinajstić information content (AvgIpc) is 3.28. The number of hydrogen-bond donors (Lipinski definition) is 1. The zero-order chi connectivity index (χ0) is 25.0. The van der Waals surface area contributed by atoms with Crippen molar-refractivity contribution in [3.63, 3.8) is 0 Å². The number of imidazole rings is 1. The van der Waals surface area contributed by atoms with Crippen LogP contribution in [0.15, 0.2) is 59.8 Å². The van der Waals surface area contributed by atoms with Gasteiger partial charge in [-0.15, -0.1) is 0 Å². The Balaban J connectivity index is 1.63. The second-order valence-electron chi connectivity index (χ2n) is 9.42. The SMILES string of the molecule is Cc1cc([C@H](C)Nc2ccccc2S(C)(=O)=O)c2cc(N3CCC(F)(F)CC3)n3ccnc3c2c1. The first kappa shape index (κ1) is 23.5.